The third-order valence-electron chi connectivity index (χ3n) is 5.68. The molecule has 2 unspecified atom stereocenters. The highest BCUT2D eigenvalue weighted by atomic mass is 35.5. The van der Waals surface area contributed by atoms with Crippen LogP contribution in [0.3, 0.4) is 0 Å². The zero-order valence-corrected chi connectivity index (χ0v) is 17.2. The molecule has 0 aromatic heterocycles. The summed E-state index contributed by atoms with van der Waals surface area (Å²) in [7, 11) is 0. The van der Waals surface area contributed by atoms with Gasteiger partial charge in [0.05, 0.1) is 0 Å². The van der Waals surface area contributed by atoms with E-state index in [4.69, 9.17) is 11.6 Å². The van der Waals surface area contributed by atoms with Crippen molar-refractivity contribution in [3.8, 4) is 0 Å². The molecule has 0 bridgehead atoms. The van der Waals surface area contributed by atoms with Gasteiger partial charge in [0.25, 0.3) is 5.91 Å². The SMILES string of the molecule is O=C(NC1CCN(C(=O)C2CC(c3cccc(Cl)c3)NN2)CC1)c1cccc(F)c1. The molecule has 0 radical (unpaired) electrons. The third-order valence-corrected chi connectivity index (χ3v) is 5.92. The highest BCUT2D eigenvalue weighted by Gasteiger charge is 2.34. The maximum Gasteiger partial charge on any atom is 0.251 e. The van der Waals surface area contributed by atoms with Crippen molar-refractivity contribution in [3.05, 3.63) is 70.5 Å². The third kappa shape index (κ3) is 4.80. The molecule has 0 aliphatic carbocycles. The first kappa shape index (κ1) is 20.8. The number of nitrogens with zero attached hydrogens (tertiary/aromatic N) is 1. The van der Waals surface area contributed by atoms with Gasteiger partial charge >= 0.3 is 0 Å². The van der Waals surface area contributed by atoms with Crippen molar-refractivity contribution in [2.24, 2.45) is 0 Å². The Morgan fingerprint density at radius 3 is 2.57 bits per heavy atom. The van der Waals surface area contributed by atoms with Crippen LogP contribution in [0.15, 0.2) is 48.5 Å². The lowest BCUT2D eigenvalue weighted by Crippen LogP contribution is -2.51. The zero-order chi connectivity index (χ0) is 21.1. The Morgan fingerprint density at radius 1 is 1.07 bits per heavy atom. The number of hydrogen-bond donors (Lipinski definition) is 3. The molecular weight excluding hydrogens is 407 g/mol. The van der Waals surface area contributed by atoms with Gasteiger partial charge in [-0.15, -0.1) is 0 Å². The molecule has 6 nitrogen and oxygen atoms in total. The number of hydrazine groups is 1. The number of halogens is 2. The molecule has 3 N–H and O–H groups in total. The summed E-state index contributed by atoms with van der Waals surface area (Å²) in [5.74, 6) is -0.663. The van der Waals surface area contributed by atoms with E-state index in [0.717, 1.165) is 5.56 Å². The van der Waals surface area contributed by atoms with Crippen LogP contribution >= 0.6 is 11.6 Å². The van der Waals surface area contributed by atoms with Crippen molar-refractivity contribution >= 4 is 23.4 Å². The van der Waals surface area contributed by atoms with Crippen molar-refractivity contribution in [1.29, 1.82) is 0 Å². The van der Waals surface area contributed by atoms with Crippen molar-refractivity contribution in [2.75, 3.05) is 13.1 Å². The number of rotatable bonds is 4. The lowest BCUT2D eigenvalue weighted by Gasteiger charge is -2.33. The smallest absolute Gasteiger partial charge is 0.251 e. The van der Waals surface area contributed by atoms with Crippen LogP contribution in [0.1, 0.15) is 41.2 Å². The number of nitrogens with one attached hydrogen (secondary N) is 3. The standard InChI is InChI=1S/C22H24ClFN4O2/c23-16-5-1-3-14(11-16)19-13-20(27-26-19)22(30)28-9-7-18(8-10-28)25-21(29)15-4-2-6-17(24)12-15/h1-6,11-12,18-20,26-27H,7-10,13H2,(H,25,29). The van der Waals surface area contributed by atoms with Gasteiger partial charge in [0.2, 0.25) is 5.91 Å². The van der Waals surface area contributed by atoms with Crippen LogP contribution in [0.5, 0.6) is 0 Å². The Bertz CT molecular complexity index is 933. The van der Waals surface area contributed by atoms with E-state index in [1.807, 2.05) is 29.2 Å². The molecule has 2 heterocycles. The molecular formula is C22H24ClFN4O2. The monoisotopic (exact) mass is 430 g/mol. The molecule has 158 valence electrons. The lowest BCUT2D eigenvalue weighted by atomic mass is 9.99. The van der Waals surface area contributed by atoms with Crippen LogP contribution in [-0.4, -0.2) is 41.9 Å². The van der Waals surface area contributed by atoms with Crippen LogP contribution in [0.25, 0.3) is 0 Å². The predicted octanol–water partition coefficient (Wildman–Crippen LogP) is 2.81. The number of piperidine rings is 1. The van der Waals surface area contributed by atoms with E-state index >= 15 is 0 Å². The Balaban J connectivity index is 1.27. The fourth-order valence-corrected chi connectivity index (χ4v) is 4.22. The Morgan fingerprint density at radius 2 is 1.83 bits per heavy atom. The van der Waals surface area contributed by atoms with Gasteiger partial charge in [0.15, 0.2) is 0 Å². The molecule has 2 fully saturated rings. The van der Waals surface area contributed by atoms with Crippen molar-refractivity contribution in [2.45, 2.75) is 37.4 Å². The summed E-state index contributed by atoms with van der Waals surface area (Å²) in [6.07, 6.45) is 1.99. The maximum atomic E-state index is 13.3. The van der Waals surface area contributed by atoms with Gasteiger partial charge in [-0.05, 0) is 55.2 Å². The van der Waals surface area contributed by atoms with E-state index in [1.54, 1.807) is 6.07 Å². The first-order valence-electron chi connectivity index (χ1n) is 10.1. The summed E-state index contributed by atoms with van der Waals surface area (Å²) in [6.45, 7) is 1.15. The first-order valence-corrected chi connectivity index (χ1v) is 10.5. The van der Waals surface area contributed by atoms with E-state index in [2.05, 4.69) is 16.2 Å². The van der Waals surface area contributed by atoms with Crippen LogP contribution < -0.4 is 16.2 Å². The number of carbonyl (C=O) groups excluding carboxylic acids is 2. The topological polar surface area (TPSA) is 73.5 Å². The van der Waals surface area contributed by atoms with Gasteiger partial charge in [0.1, 0.15) is 11.9 Å². The van der Waals surface area contributed by atoms with Gasteiger partial charge in [-0.3, -0.25) is 9.59 Å². The molecule has 2 amide bonds. The first-order chi connectivity index (χ1) is 14.5. The minimum absolute atomic E-state index is 0.0285. The fourth-order valence-electron chi connectivity index (χ4n) is 4.02. The molecule has 4 rings (SSSR count). The molecule has 2 aromatic rings. The van der Waals surface area contributed by atoms with Crippen LogP contribution in [0.4, 0.5) is 4.39 Å². The maximum absolute atomic E-state index is 13.3. The Kier molecular flexibility index (Phi) is 6.32. The Labute approximate surface area is 179 Å². The number of likely N-dealkylation sites (tertiary alicyclic amines) is 1. The van der Waals surface area contributed by atoms with Crippen molar-refractivity contribution in [3.63, 3.8) is 0 Å². The molecule has 0 saturated carbocycles. The van der Waals surface area contributed by atoms with Gasteiger partial charge in [-0.2, -0.15) is 0 Å². The molecule has 2 aromatic carbocycles. The normalized spacial score (nSPS) is 22.1. The summed E-state index contributed by atoms with van der Waals surface area (Å²) in [5, 5.41) is 3.61. The number of carbonyl (C=O) groups is 2. The van der Waals surface area contributed by atoms with Gasteiger partial charge in [-0.1, -0.05) is 29.8 Å². The van der Waals surface area contributed by atoms with E-state index in [1.165, 1.54) is 18.2 Å². The second-order valence-corrected chi connectivity index (χ2v) is 8.20. The van der Waals surface area contributed by atoms with Crippen LogP contribution in [0.2, 0.25) is 5.02 Å². The Hall–Kier alpha value is -2.48. The summed E-state index contributed by atoms with van der Waals surface area (Å²) in [6, 6.07) is 13.0. The molecule has 2 aliphatic heterocycles. The highest BCUT2D eigenvalue weighted by molar-refractivity contribution is 6.30. The van der Waals surface area contributed by atoms with Crippen LogP contribution in [0, 0.1) is 5.82 Å². The molecule has 2 saturated heterocycles. The van der Waals surface area contributed by atoms with Crippen molar-refractivity contribution in [1.82, 2.24) is 21.1 Å². The van der Waals surface area contributed by atoms with Gasteiger partial charge in [0, 0.05) is 35.8 Å². The lowest BCUT2D eigenvalue weighted by molar-refractivity contribution is -0.134. The number of amides is 2. The van der Waals surface area contributed by atoms with Crippen LogP contribution in [-0.2, 0) is 4.79 Å². The van der Waals surface area contributed by atoms with E-state index < -0.39 is 5.82 Å². The predicted molar refractivity (Wildman–Crippen MR) is 112 cm³/mol. The fraction of sp³-hybridized carbons (Fsp3) is 0.364. The van der Waals surface area contributed by atoms with Crippen molar-refractivity contribution < 1.29 is 14.0 Å². The largest absolute Gasteiger partial charge is 0.349 e. The van der Waals surface area contributed by atoms with Gasteiger partial charge in [-0.25, -0.2) is 15.2 Å². The van der Waals surface area contributed by atoms with E-state index in [9.17, 15) is 14.0 Å². The van der Waals surface area contributed by atoms with E-state index in [0.29, 0.717) is 42.9 Å². The second-order valence-electron chi connectivity index (χ2n) is 7.77. The highest BCUT2D eigenvalue weighted by Crippen LogP contribution is 2.26. The average Bonchev–Trinajstić information content (AvgIpc) is 3.24. The summed E-state index contributed by atoms with van der Waals surface area (Å²) >= 11 is 6.07. The quantitative estimate of drug-likeness (QED) is 0.697. The van der Waals surface area contributed by atoms with Gasteiger partial charge < -0.3 is 10.2 Å². The minimum atomic E-state index is -0.434. The summed E-state index contributed by atoms with van der Waals surface area (Å²) < 4.78 is 13.3. The second kappa shape index (κ2) is 9.12. The average molecular weight is 431 g/mol. The molecule has 2 aliphatic rings. The summed E-state index contributed by atoms with van der Waals surface area (Å²) in [4.78, 5) is 27.0. The molecule has 2 atom stereocenters. The molecule has 0 spiro atoms. The zero-order valence-electron chi connectivity index (χ0n) is 16.4. The number of benzene rings is 2. The van der Waals surface area contributed by atoms with E-state index in [-0.39, 0.29) is 29.9 Å². The number of hydrogen-bond acceptors (Lipinski definition) is 4. The molecule has 30 heavy (non-hydrogen) atoms. The molecule has 8 heteroatoms. The summed E-state index contributed by atoms with van der Waals surface area (Å²) in [5.41, 5.74) is 7.64. The minimum Gasteiger partial charge on any atom is -0.349 e.